The molecule has 1 aromatic heterocycles. The Kier molecular flexibility index (Phi) is 12.5. The summed E-state index contributed by atoms with van der Waals surface area (Å²) in [7, 11) is 4.79. The lowest BCUT2D eigenvalue weighted by Crippen LogP contribution is -2.21. The van der Waals surface area contributed by atoms with Crippen LogP contribution < -0.4 is 14.2 Å². The van der Waals surface area contributed by atoms with Crippen LogP contribution in [0, 0.1) is 0 Å². The maximum absolute atomic E-state index is 10.3. The number of imidazole rings is 1. The Hall–Kier alpha value is -5.61. The minimum Gasteiger partial charge on any atom is -0.496 e. The average molecular weight is 891 g/mol. The van der Waals surface area contributed by atoms with Gasteiger partial charge < -0.3 is 23.9 Å². The number of methoxy groups -OCH3 is 3. The third-order valence-electron chi connectivity index (χ3n) is 10.8. The first-order valence-corrected chi connectivity index (χ1v) is 21.0. The second-order valence-corrected chi connectivity index (χ2v) is 15.9. The number of aliphatic hydroxyl groups excluding tert-OH is 1. The fourth-order valence-corrected chi connectivity index (χ4v) is 8.82. The van der Waals surface area contributed by atoms with Gasteiger partial charge in [0.05, 0.1) is 60.8 Å². The number of aromatic nitrogens is 2. The molecule has 0 radical (unpaired) electrons. The van der Waals surface area contributed by atoms with Crippen LogP contribution in [0.15, 0.2) is 143 Å². The Bertz CT molecular complexity index is 2820. The number of hydrogen-bond acceptors (Lipinski definition) is 7. The predicted molar refractivity (Wildman–Crippen MR) is 247 cm³/mol. The minimum absolute atomic E-state index is 0.226. The van der Waals surface area contributed by atoms with E-state index in [2.05, 4.69) is 4.57 Å². The van der Waals surface area contributed by atoms with Gasteiger partial charge in [0.25, 0.3) is 0 Å². The molecule has 0 spiro atoms. The molecule has 0 fully saturated rings. The van der Waals surface area contributed by atoms with Gasteiger partial charge in [-0.3, -0.25) is 0 Å². The van der Waals surface area contributed by atoms with Gasteiger partial charge in [0.15, 0.2) is 17.2 Å². The molecule has 2 heterocycles. The summed E-state index contributed by atoms with van der Waals surface area (Å²) in [5.41, 5.74) is 6.67. The first kappa shape index (κ1) is 42.1. The van der Waals surface area contributed by atoms with Crippen molar-refractivity contribution in [2.75, 3.05) is 21.3 Å². The summed E-state index contributed by atoms with van der Waals surface area (Å²) >= 11 is 28.0. The van der Waals surface area contributed by atoms with Crippen molar-refractivity contribution >= 4 is 57.8 Å². The molecule has 12 heteroatoms. The van der Waals surface area contributed by atoms with E-state index in [4.69, 9.17) is 75.6 Å². The highest BCUT2D eigenvalue weighted by atomic mass is 35.5. The van der Waals surface area contributed by atoms with Crippen LogP contribution in [0.4, 0.5) is 0 Å². The normalized spacial score (nSPS) is 14.8. The molecule has 1 aliphatic heterocycles. The van der Waals surface area contributed by atoms with E-state index in [0.29, 0.717) is 85.2 Å². The van der Waals surface area contributed by atoms with E-state index in [1.807, 2.05) is 133 Å². The van der Waals surface area contributed by atoms with Crippen molar-refractivity contribution in [1.82, 2.24) is 9.55 Å². The van der Waals surface area contributed by atoms with Crippen molar-refractivity contribution in [3.05, 3.63) is 176 Å². The van der Waals surface area contributed by atoms with Crippen LogP contribution in [0.25, 0.3) is 33.9 Å². The second-order valence-electron chi connectivity index (χ2n) is 14.3. The quantitative estimate of drug-likeness (QED) is 0.117. The van der Waals surface area contributed by atoms with Crippen LogP contribution in [0.3, 0.4) is 0 Å². The molecule has 61 heavy (non-hydrogen) atoms. The Morgan fingerprint density at radius 1 is 0.574 bits per heavy atom. The van der Waals surface area contributed by atoms with Crippen molar-refractivity contribution in [2.24, 2.45) is 9.98 Å². The minimum atomic E-state index is -1.18. The van der Waals surface area contributed by atoms with Gasteiger partial charge in [-0.15, -0.1) is 0 Å². The summed E-state index contributed by atoms with van der Waals surface area (Å²) in [5, 5.41) is 12.5. The van der Waals surface area contributed by atoms with Gasteiger partial charge in [0, 0.05) is 55.5 Å². The van der Waals surface area contributed by atoms with Crippen LogP contribution in [0.5, 0.6) is 17.2 Å². The molecule has 0 saturated carbocycles. The molecule has 0 aliphatic carbocycles. The van der Waals surface area contributed by atoms with E-state index in [1.165, 1.54) is 0 Å². The lowest BCUT2D eigenvalue weighted by molar-refractivity contribution is 0.274. The van der Waals surface area contributed by atoms with Gasteiger partial charge >= 0.3 is 0 Å². The molecule has 1 N–H and O–H groups in total. The van der Waals surface area contributed by atoms with Crippen molar-refractivity contribution in [2.45, 2.75) is 31.7 Å². The zero-order chi connectivity index (χ0) is 42.7. The second kappa shape index (κ2) is 18.2. The molecule has 0 amide bonds. The molecule has 1 atom stereocenters. The number of nitrogens with zero attached hydrogens (tertiary/aromatic N) is 4. The van der Waals surface area contributed by atoms with E-state index >= 15 is 0 Å². The molecular weight excluding hydrogens is 850 g/mol. The summed E-state index contributed by atoms with van der Waals surface area (Å²) in [6.45, 7) is 0.225. The number of rotatable bonds is 14. The number of hydrogen-bond donors (Lipinski definition) is 1. The van der Waals surface area contributed by atoms with Crippen molar-refractivity contribution in [1.29, 1.82) is 0 Å². The van der Waals surface area contributed by atoms with E-state index in [1.54, 1.807) is 21.3 Å². The van der Waals surface area contributed by atoms with Crippen LogP contribution in [-0.4, -0.2) is 47.4 Å². The van der Waals surface area contributed by atoms with E-state index in [-0.39, 0.29) is 6.61 Å². The summed E-state index contributed by atoms with van der Waals surface area (Å²) in [5.74, 6) is 2.37. The Labute approximate surface area is 374 Å². The van der Waals surface area contributed by atoms with Crippen molar-refractivity contribution in [3.8, 4) is 51.2 Å². The highest BCUT2D eigenvalue weighted by Crippen LogP contribution is 2.46. The predicted octanol–water partition coefficient (Wildman–Crippen LogP) is 12.6. The van der Waals surface area contributed by atoms with Gasteiger partial charge in [-0.25, -0.2) is 15.0 Å². The summed E-state index contributed by atoms with van der Waals surface area (Å²) in [6.07, 6.45) is 0.966. The van der Waals surface area contributed by atoms with Crippen LogP contribution in [0.2, 0.25) is 20.1 Å². The fourth-order valence-electron chi connectivity index (χ4n) is 7.86. The van der Waals surface area contributed by atoms with E-state index < -0.39 is 5.66 Å². The van der Waals surface area contributed by atoms with Crippen LogP contribution in [-0.2, 0) is 18.8 Å². The highest BCUT2D eigenvalue weighted by Gasteiger charge is 2.40. The number of benzene rings is 6. The lowest BCUT2D eigenvalue weighted by Gasteiger charge is -2.26. The Morgan fingerprint density at radius 3 is 1.75 bits per heavy atom. The largest absolute Gasteiger partial charge is 0.496 e. The first-order chi connectivity index (χ1) is 29.7. The van der Waals surface area contributed by atoms with Gasteiger partial charge in [0.2, 0.25) is 0 Å². The van der Waals surface area contributed by atoms with Gasteiger partial charge in [0.1, 0.15) is 11.6 Å². The SMILES string of the molecule is COc1ccc(C2=NC(CCCn3c(-c4ccccc4Cl)nc(-c4ccc(OC)c(OC)c4)c3-c3ccccc3Cl)(c3ccccc3Cl)N=C2c2ccccc2Cl)cc1CO. The molecule has 6 aromatic carbocycles. The highest BCUT2D eigenvalue weighted by molar-refractivity contribution is 6.56. The standard InChI is InChI=1S/C49H40Cl4N4O4/c1-59-41-23-21-30(27-32(41)29-58)44-46(33-13-4-8-17-37(33)50)56-49(55-44,36-16-7-11-20-40(36)53)25-12-26-57-47(34-14-5-9-18-38(34)51)45(31-22-24-42(60-2)43(28-31)61-3)54-48(57)35-15-6-10-19-39(35)52/h4-11,13-24,27-28,58H,12,25-26,29H2,1-3H3. The molecule has 0 bridgehead atoms. The number of halogens is 4. The zero-order valence-corrected chi connectivity index (χ0v) is 36.5. The molecule has 7 aromatic rings. The van der Waals surface area contributed by atoms with Crippen LogP contribution in [0.1, 0.15) is 35.1 Å². The Balaban J connectivity index is 1.32. The molecule has 308 valence electrons. The topological polar surface area (TPSA) is 90.5 Å². The first-order valence-electron chi connectivity index (χ1n) is 19.5. The summed E-state index contributed by atoms with van der Waals surface area (Å²) in [6, 6.07) is 41.9. The maximum Gasteiger partial charge on any atom is 0.178 e. The molecule has 1 aliphatic rings. The smallest absolute Gasteiger partial charge is 0.178 e. The molecule has 0 saturated heterocycles. The monoisotopic (exact) mass is 888 g/mol. The number of aliphatic imine (C=N–C) groups is 2. The Morgan fingerprint density at radius 2 is 1.13 bits per heavy atom. The molecule has 1 unspecified atom stereocenters. The summed E-state index contributed by atoms with van der Waals surface area (Å²) < 4.78 is 19.0. The third-order valence-corrected chi connectivity index (χ3v) is 12.1. The van der Waals surface area contributed by atoms with Crippen molar-refractivity contribution < 1.29 is 19.3 Å². The van der Waals surface area contributed by atoms with Gasteiger partial charge in [-0.1, -0.05) is 113 Å². The number of ether oxygens (including phenoxy) is 3. The fraction of sp³-hybridized carbons (Fsp3) is 0.163. The molecular formula is C49H40Cl4N4O4. The lowest BCUT2D eigenvalue weighted by atomic mass is 9.95. The average Bonchev–Trinajstić information content (AvgIpc) is 3.86. The summed E-state index contributed by atoms with van der Waals surface area (Å²) in [4.78, 5) is 16.4. The third kappa shape index (κ3) is 8.14. The van der Waals surface area contributed by atoms with Crippen molar-refractivity contribution in [3.63, 3.8) is 0 Å². The maximum atomic E-state index is 10.3. The molecule has 8 nitrogen and oxygen atoms in total. The zero-order valence-electron chi connectivity index (χ0n) is 33.5. The molecule has 8 rings (SSSR count). The van der Waals surface area contributed by atoms with Gasteiger partial charge in [-0.2, -0.15) is 0 Å². The van der Waals surface area contributed by atoms with E-state index in [9.17, 15) is 5.11 Å². The van der Waals surface area contributed by atoms with E-state index in [0.717, 1.165) is 39.1 Å². The number of aliphatic hydroxyl groups is 1. The van der Waals surface area contributed by atoms with Crippen LogP contribution >= 0.6 is 46.4 Å². The van der Waals surface area contributed by atoms with Gasteiger partial charge in [-0.05, 0) is 79.6 Å².